The van der Waals surface area contributed by atoms with Crippen LogP contribution in [0.15, 0.2) is 36.5 Å². The van der Waals surface area contributed by atoms with Crippen molar-refractivity contribution in [2.45, 2.75) is 51.6 Å². The largest absolute Gasteiger partial charge is 0.366 e. The van der Waals surface area contributed by atoms with Crippen molar-refractivity contribution in [1.82, 2.24) is 9.88 Å². The number of nitrogens with zero attached hydrogens (tertiary/aromatic N) is 2. The fourth-order valence-electron chi connectivity index (χ4n) is 3.75. The molecule has 2 N–H and O–H groups in total. The molecule has 4 nitrogen and oxygen atoms in total. The summed E-state index contributed by atoms with van der Waals surface area (Å²) in [4.78, 5) is 18.3. The molecule has 1 aromatic heterocycles. The van der Waals surface area contributed by atoms with Gasteiger partial charge in [-0.2, -0.15) is 0 Å². The first kappa shape index (κ1) is 18.5. The van der Waals surface area contributed by atoms with Crippen LogP contribution in [0.3, 0.4) is 0 Å². The first-order chi connectivity index (χ1) is 12.6. The highest BCUT2D eigenvalue weighted by Gasteiger charge is 2.20. The summed E-state index contributed by atoms with van der Waals surface area (Å²) in [6.45, 7) is 4.11. The first-order valence-electron chi connectivity index (χ1n) is 9.36. The van der Waals surface area contributed by atoms with Crippen LogP contribution in [0, 0.1) is 5.82 Å². The molecule has 1 aromatic carbocycles. The van der Waals surface area contributed by atoms with Crippen LogP contribution in [0.5, 0.6) is 0 Å². The van der Waals surface area contributed by atoms with E-state index in [0.29, 0.717) is 17.3 Å². The summed E-state index contributed by atoms with van der Waals surface area (Å²) < 4.78 is 13.7. The van der Waals surface area contributed by atoms with Crippen molar-refractivity contribution in [3.63, 3.8) is 0 Å². The normalized spacial score (nSPS) is 15.3. The van der Waals surface area contributed by atoms with Crippen molar-refractivity contribution in [3.8, 4) is 11.3 Å². The Bertz CT molecular complexity index is 754. The van der Waals surface area contributed by atoms with Gasteiger partial charge < -0.3 is 5.73 Å². The van der Waals surface area contributed by atoms with Crippen LogP contribution in [0.4, 0.5) is 4.39 Å². The standard InChI is InChI=1S/C21H26FN3O/c1-2-25(19-6-4-3-5-7-19)14-15-8-9-20(24-13-15)16-10-17(21(23)26)12-18(22)11-16/h8-13,19H,2-7,14H2,1H3,(H2,23,26). The van der Waals surface area contributed by atoms with Crippen LogP contribution in [-0.2, 0) is 6.54 Å². The molecule has 1 saturated carbocycles. The lowest BCUT2D eigenvalue weighted by atomic mass is 9.94. The van der Waals surface area contributed by atoms with E-state index in [2.05, 4.69) is 16.8 Å². The van der Waals surface area contributed by atoms with Crippen LogP contribution >= 0.6 is 0 Å². The zero-order valence-corrected chi connectivity index (χ0v) is 15.2. The number of halogens is 1. The highest BCUT2D eigenvalue weighted by Crippen LogP contribution is 2.25. The molecule has 0 saturated heterocycles. The van der Waals surface area contributed by atoms with E-state index in [1.165, 1.54) is 38.2 Å². The second-order valence-electron chi connectivity index (χ2n) is 7.00. The number of aromatic nitrogens is 1. The summed E-state index contributed by atoms with van der Waals surface area (Å²) in [6.07, 6.45) is 8.39. The third-order valence-corrected chi connectivity index (χ3v) is 5.19. The van der Waals surface area contributed by atoms with Gasteiger partial charge in [-0.1, -0.05) is 32.3 Å². The zero-order valence-electron chi connectivity index (χ0n) is 15.2. The van der Waals surface area contributed by atoms with Crippen LogP contribution < -0.4 is 5.73 Å². The maximum atomic E-state index is 13.7. The van der Waals surface area contributed by atoms with Crippen molar-refractivity contribution in [2.75, 3.05) is 6.54 Å². The smallest absolute Gasteiger partial charge is 0.248 e. The number of amides is 1. The number of hydrogen-bond donors (Lipinski definition) is 1. The molecule has 138 valence electrons. The fourth-order valence-corrected chi connectivity index (χ4v) is 3.75. The number of benzene rings is 1. The van der Waals surface area contributed by atoms with E-state index in [4.69, 9.17) is 5.73 Å². The second kappa shape index (κ2) is 8.41. The van der Waals surface area contributed by atoms with Crippen molar-refractivity contribution in [3.05, 3.63) is 53.5 Å². The molecule has 1 amide bonds. The molecule has 1 aliphatic rings. The molecular formula is C21H26FN3O. The van der Waals surface area contributed by atoms with E-state index >= 15 is 0 Å². The number of carbonyl (C=O) groups is 1. The minimum atomic E-state index is -0.645. The van der Waals surface area contributed by atoms with Crippen LogP contribution in [0.25, 0.3) is 11.3 Å². The predicted octanol–water partition coefficient (Wildman–Crippen LogP) is 4.14. The molecule has 0 aliphatic heterocycles. The summed E-state index contributed by atoms with van der Waals surface area (Å²) in [5.74, 6) is -1.13. The van der Waals surface area contributed by atoms with Crippen LogP contribution in [0.2, 0.25) is 0 Å². The highest BCUT2D eigenvalue weighted by atomic mass is 19.1. The number of carbonyl (C=O) groups excluding carboxylic acids is 1. The van der Waals surface area contributed by atoms with E-state index in [9.17, 15) is 9.18 Å². The average molecular weight is 355 g/mol. The topological polar surface area (TPSA) is 59.2 Å². The van der Waals surface area contributed by atoms with Crippen LogP contribution in [0.1, 0.15) is 54.9 Å². The molecule has 1 heterocycles. The first-order valence-corrected chi connectivity index (χ1v) is 9.36. The molecule has 5 heteroatoms. The molecule has 2 aromatic rings. The number of nitrogens with two attached hydrogens (primary N) is 1. The molecular weight excluding hydrogens is 329 g/mol. The van der Waals surface area contributed by atoms with Crippen molar-refractivity contribution < 1.29 is 9.18 Å². The van der Waals surface area contributed by atoms with Gasteiger partial charge in [0.15, 0.2) is 0 Å². The molecule has 0 spiro atoms. The Morgan fingerprint density at radius 2 is 2.00 bits per heavy atom. The Morgan fingerprint density at radius 1 is 1.23 bits per heavy atom. The average Bonchev–Trinajstić information content (AvgIpc) is 2.66. The van der Waals surface area contributed by atoms with Crippen molar-refractivity contribution in [2.24, 2.45) is 5.73 Å². The minimum Gasteiger partial charge on any atom is -0.366 e. The lowest BCUT2D eigenvalue weighted by Crippen LogP contribution is -2.36. The SMILES string of the molecule is CCN(Cc1ccc(-c2cc(F)cc(C(N)=O)c2)nc1)C1CCCCC1. The van der Waals surface area contributed by atoms with E-state index in [1.54, 1.807) is 6.07 Å². The van der Waals surface area contributed by atoms with Gasteiger partial charge in [0.2, 0.25) is 5.91 Å². The molecule has 0 bridgehead atoms. The van der Waals surface area contributed by atoms with Gasteiger partial charge in [-0.05, 0) is 49.2 Å². The van der Waals surface area contributed by atoms with Gasteiger partial charge in [0.25, 0.3) is 0 Å². The third kappa shape index (κ3) is 4.47. The number of primary amides is 1. The molecule has 1 aliphatic carbocycles. The molecule has 3 rings (SSSR count). The summed E-state index contributed by atoms with van der Waals surface area (Å²) in [5.41, 5.74) is 7.76. The molecule has 0 atom stereocenters. The van der Waals surface area contributed by atoms with Gasteiger partial charge in [-0.15, -0.1) is 0 Å². The fraction of sp³-hybridized carbons (Fsp3) is 0.429. The quantitative estimate of drug-likeness (QED) is 0.847. The maximum absolute atomic E-state index is 13.7. The molecule has 0 radical (unpaired) electrons. The van der Waals surface area contributed by atoms with E-state index in [-0.39, 0.29) is 5.56 Å². The summed E-state index contributed by atoms with van der Waals surface area (Å²) >= 11 is 0. The number of pyridine rings is 1. The zero-order chi connectivity index (χ0) is 18.5. The lowest BCUT2D eigenvalue weighted by molar-refractivity contribution is 0.1000. The second-order valence-corrected chi connectivity index (χ2v) is 7.00. The van der Waals surface area contributed by atoms with Crippen molar-refractivity contribution in [1.29, 1.82) is 0 Å². The Kier molecular flexibility index (Phi) is 5.99. The molecule has 26 heavy (non-hydrogen) atoms. The number of rotatable bonds is 6. The summed E-state index contributed by atoms with van der Waals surface area (Å²) in [7, 11) is 0. The van der Waals surface area contributed by atoms with E-state index in [1.807, 2.05) is 18.3 Å². The van der Waals surface area contributed by atoms with Gasteiger partial charge in [-0.25, -0.2) is 4.39 Å². The Hall–Kier alpha value is -2.27. The Morgan fingerprint density at radius 3 is 2.62 bits per heavy atom. The molecule has 1 fully saturated rings. The van der Waals surface area contributed by atoms with Crippen LogP contribution in [-0.4, -0.2) is 28.4 Å². The number of hydrogen-bond acceptors (Lipinski definition) is 3. The van der Waals surface area contributed by atoms with Gasteiger partial charge >= 0.3 is 0 Å². The van der Waals surface area contributed by atoms with Gasteiger partial charge in [0.05, 0.1) is 5.69 Å². The predicted molar refractivity (Wildman–Crippen MR) is 101 cm³/mol. The lowest BCUT2D eigenvalue weighted by Gasteiger charge is -2.33. The van der Waals surface area contributed by atoms with E-state index < -0.39 is 11.7 Å². The van der Waals surface area contributed by atoms with Gasteiger partial charge in [0.1, 0.15) is 5.82 Å². The highest BCUT2D eigenvalue weighted by molar-refractivity contribution is 5.94. The van der Waals surface area contributed by atoms with Gasteiger partial charge in [-0.3, -0.25) is 14.7 Å². The maximum Gasteiger partial charge on any atom is 0.248 e. The van der Waals surface area contributed by atoms with Gasteiger partial charge in [0, 0.05) is 29.9 Å². The summed E-state index contributed by atoms with van der Waals surface area (Å²) in [6, 6.07) is 8.66. The van der Waals surface area contributed by atoms with Crippen molar-refractivity contribution >= 4 is 5.91 Å². The Labute approximate surface area is 154 Å². The third-order valence-electron chi connectivity index (χ3n) is 5.19. The Balaban J connectivity index is 1.75. The summed E-state index contributed by atoms with van der Waals surface area (Å²) in [5, 5.41) is 0. The molecule has 0 unspecified atom stereocenters. The monoisotopic (exact) mass is 355 g/mol. The van der Waals surface area contributed by atoms with E-state index in [0.717, 1.165) is 24.7 Å². The minimum absolute atomic E-state index is 0.153.